The molecule has 6 heteroatoms. The number of nitrogens with zero attached hydrogens (tertiary/aromatic N) is 1. The van der Waals surface area contributed by atoms with E-state index in [-0.39, 0.29) is 17.8 Å². The molecular formula is C15H14ClNO4. The first-order valence-corrected chi connectivity index (χ1v) is 6.68. The van der Waals surface area contributed by atoms with E-state index in [0.29, 0.717) is 16.3 Å². The van der Waals surface area contributed by atoms with E-state index in [2.05, 4.69) is 0 Å². The molecule has 0 aromatic heterocycles. The topological polar surface area (TPSA) is 69.4 Å². The van der Waals surface area contributed by atoms with Gasteiger partial charge in [-0.1, -0.05) is 23.7 Å². The first-order valence-electron chi connectivity index (χ1n) is 6.30. The largest absolute Gasteiger partial charge is 0.496 e. The molecule has 0 N–H and O–H groups in total. The zero-order valence-corrected chi connectivity index (χ0v) is 12.4. The molecule has 21 heavy (non-hydrogen) atoms. The molecule has 0 saturated heterocycles. The monoisotopic (exact) mass is 307 g/mol. The highest BCUT2D eigenvalue weighted by atomic mass is 35.5. The Morgan fingerprint density at radius 1 is 1.43 bits per heavy atom. The Morgan fingerprint density at radius 3 is 2.67 bits per heavy atom. The van der Waals surface area contributed by atoms with Gasteiger partial charge in [0, 0.05) is 29.9 Å². The predicted octanol–water partition coefficient (Wildman–Crippen LogP) is 3.42. The number of nitro groups is 1. The summed E-state index contributed by atoms with van der Waals surface area (Å²) in [4.78, 5) is 23.4. The normalized spacial score (nSPS) is 21.3. The third-order valence-electron chi connectivity index (χ3n) is 3.42. The number of ether oxygens (including phenoxy) is 1. The lowest BCUT2D eigenvalue weighted by Gasteiger charge is -2.23. The lowest BCUT2D eigenvalue weighted by Crippen LogP contribution is -2.35. The van der Waals surface area contributed by atoms with Crippen molar-refractivity contribution in [2.24, 2.45) is 0 Å². The Labute approximate surface area is 127 Å². The number of halogens is 1. The van der Waals surface area contributed by atoms with Crippen LogP contribution < -0.4 is 0 Å². The highest BCUT2D eigenvalue weighted by Gasteiger charge is 2.39. The maximum atomic E-state index is 12.6. The maximum absolute atomic E-state index is 12.6. The van der Waals surface area contributed by atoms with E-state index in [1.807, 2.05) is 0 Å². The average Bonchev–Trinajstić information content (AvgIpc) is 2.47. The van der Waals surface area contributed by atoms with Gasteiger partial charge in [0.1, 0.15) is 5.76 Å². The van der Waals surface area contributed by atoms with Gasteiger partial charge in [0.2, 0.25) is 5.54 Å². The van der Waals surface area contributed by atoms with Crippen LogP contribution >= 0.6 is 11.6 Å². The average molecular weight is 308 g/mol. The summed E-state index contributed by atoms with van der Waals surface area (Å²) in [5.41, 5.74) is -0.870. The predicted molar refractivity (Wildman–Crippen MR) is 79.0 cm³/mol. The molecule has 5 nitrogen and oxygen atoms in total. The van der Waals surface area contributed by atoms with Gasteiger partial charge in [0.05, 0.1) is 17.7 Å². The Morgan fingerprint density at radius 2 is 2.10 bits per heavy atom. The molecule has 0 spiro atoms. The van der Waals surface area contributed by atoms with Crippen LogP contribution in [-0.2, 0) is 4.74 Å². The van der Waals surface area contributed by atoms with E-state index in [4.69, 9.17) is 16.3 Å². The Kier molecular flexibility index (Phi) is 4.14. The minimum atomic E-state index is -1.33. The second-order valence-electron chi connectivity index (χ2n) is 4.96. The number of hydrogen-bond acceptors (Lipinski definition) is 4. The van der Waals surface area contributed by atoms with Gasteiger partial charge < -0.3 is 4.74 Å². The van der Waals surface area contributed by atoms with Crippen LogP contribution in [0, 0.1) is 10.1 Å². The quantitative estimate of drug-likeness (QED) is 0.485. The molecule has 1 aliphatic rings. The van der Waals surface area contributed by atoms with Crippen molar-refractivity contribution in [3.8, 4) is 0 Å². The highest BCUT2D eigenvalue weighted by Crippen LogP contribution is 2.32. The number of carbonyl (C=O) groups is 1. The smallest absolute Gasteiger partial charge is 0.242 e. The first-order chi connectivity index (χ1) is 9.89. The van der Waals surface area contributed by atoms with E-state index in [1.165, 1.54) is 20.1 Å². The van der Waals surface area contributed by atoms with Gasteiger partial charge in [-0.05, 0) is 18.2 Å². The molecule has 2 rings (SSSR count). The molecular weight excluding hydrogens is 294 g/mol. The molecule has 1 atom stereocenters. The Bertz CT molecular complexity index is 665. The van der Waals surface area contributed by atoms with Crippen LogP contribution in [0.2, 0.25) is 5.02 Å². The summed E-state index contributed by atoms with van der Waals surface area (Å²) in [6, 6.07) is 6.58. The van der Waals surface area contributed by atoms with Crippen molar-refractivity contribution < 1.29 is 14.5 Å². The summed E-state index contributed by atoms with van der Waals surface area (Å²) < 4.78 is 5.17. The van der Waals surface area contributed by atoms with Gasteiger partial charge in [0.15, 0.2) is 5.78 Å². The highest BCUT2D eigenvalue weighted by molar-refractivity contribution is 6.35. The summed E-state index contributed by atoms with van der Waals surface area (Å²) in [6.45, 7) is 1.47. The van der Waals surface area contributed by atoms with Crippen LogP contribution in [0.15, 0.2) is 47.7 Å². The van der Waals surface area contributed by atoms with Crippen LogP contribution in [0.25, 0.3) is 0 Å². The molecule has 0 bridgehead atoms. The third kappa shape index (κ3) is 2.83. The van der Waals surface area contributed by atoms with Crippen molar-refractivity contribution in [1.29, 1.82) is 0 Å². The van der Waals surface area contributed by atoms with Gasteiger partial charge >= 0.3 is 0 Å². The van der Waals surface area contributed by atoms with E-state index in [1.54, 1.807) is 30.3 Å². The lowest BCUT2D eigenvalue weighted by atomic mass is 9.86. The molecule has 0 saturated carbocycles. The van der Waals surface area contributed by atoms with Crippen molar-refractivity contribution >= 4 is 17.4 Å². The fourth-order valence-electron chi connectivity index (χ4n) is 2.14. The minimum absolute atomic E-state index is 0.163. The van der Waals surface area contributed by atoms with Crippen molar-refractivity contribution in [3.63, 3.8) is 0 Å². The van der Waals surface area contributed by atoms with Gasteiger partial charge in [-0.2, -0.15) is 0 Å². The summed E-state index contributed by atoms with van der Waals surface area (Å²) in [6.07, 6.45) is 3.08. The molecule has 1 unspecified atom stereocenters. The summed E-state index contributed by atoms with van der Waals surface area (Å²) in [5.74, 6) is -0.0549. The number of allylic oxidation sites excluding steroid dienone is 1. The van der Waals surface area contributed by atoms with E-state index < -0.39 is 10.5 Å². The van der Waals surface area contributed by atoms with Gasteiger partial charge in [-0.15, -0.1) is 0 Å². The van der Waals surface area contributed by atoms with Crippen molar-refractivity contribution in [1.82, 2.24) is 0 Å². The Hall–Kier alpha value is -2.14. The second kappa shape index (κ2) is 5.69. The zero-order chi connectivity index (χ0) is 15.6. The third-order valence-corrected chi connectivity index (χ3v) is 3.75. The van der Waals surface area contributed by atoms with Gasteiger partial charge in [-0.3, -0.25) is 14.9 Å². The summed E-state index contributed by atoms with van der Waals surface area (Å²) in [7, 11) is 1.42. The molecule has 0 fully saturated rings. The maximum Gasteiger partial charge on any atom is 0.242 e. The standard InChI is InChI=1S/C15H14ClNO4/c1-15(17(19)20)8-7-13(21-2)11(9-15)14(18)10-5-3-4-6-12(10)16/h3-7,9H,8H2,1-2H3. The summed E-state index contributed by atoms with van der Waals surface area (Å²) >= 11 is 6.02. The molecule has 1 aliphatic carbocycles. The number of carbonyl (C=O) groups excluding carboxylic acids is 1. The van der Waals surface area contributed by atoms with Gasteiger partial charge in [-0.25, -0.2) is 0 Å². The van der Waals surface area contributed by atoms with Crippen molar-refractivity contribution in [2.45, 2.75) is 18.9 Å². The second-order valence-corrected chi connectivity index (χ2v) is 5.37. The minimum Gasteiger partial charge on any atom is -0.496 e. The van der Waals surface area contributed by atoms with Crippen molar-refractivity contribution in [3.05, 3.63) is 68.5 Å². The van der Waals surface area contributed by atoms with E-state index in [0.717, 1.165) is 0 Å². The SMILES string of the molecule is COC1=CCC(C)([N+](=O)[O-])C=C1C(=O)c1ccccc1Cl. The number of hydrogen-bond donors (Lipinski definition) is 0. The number of benzene rings is 1. The number of Topliss-reactive ketones (excluding diaryl/α,β-unsaturated/α-hetero) is 1. The Balaban J connectivity index is 2.50. The van der Waals surface area contributed by atoms with Crippen LogP contribution in [-0.4, -0.2) is 23.4 Å². The van der Waals surface area contributed by atoms with Crippen LogP contribution in [0.5, 0.6) is 0 Å². The lowest BCUT2D eigenvalue weighted by molar-refractivity contribution is -0.549. The number of methoxy groups -OCH3 is 1. The summed E-state index contributed by atoms with van der Waals surface area (Å²) in [5, 5.41) is 11.5. The molecule has 0 amide bonds. The molecule has 0 heterocycles. The fourth-order valence-corrected chi connectivity index (χ4v) is 2.36. The fraction of sp³-hybridized carbons (Fsp3) is 0.267. The molecule has 1 aromatic carbocycles. The first kappa shape index (κ1) is 15.3. The van der Waals surface area contributed by atoms with Crippen molar-refractivity contribution in [2.75, 3.05) is 7.11 Å². The van der Waals surface area contributed by atoms with Gasteiger partial charge in [0.25, 0.3) is 0 Å². The van der Waals surface area contributed by atoms with Crippen LogP contribution in [0.3, 0.4) is 0 Å². The molecule has 0 radical (unpaired) electrons. The number of ketones is 1. The van der Waals surface area contributed by atoms with E-state index >= 15 is 0 Å². The molecule has 110 valence electrons. The number of rotatable bonds is 4. The zero-order valence-electron chi connectivity index (χ0n) is 11.6. The van der Waals surface area contributed by atoms with Crippen LogP contribution in [0.1, 0.15) is 23.7 Å². The molecule has 1 aromatic rings. The molecule has 0 aliphatic heterocycles. The van der Waals surface area contributed by atoms with Crippen LogP contribution in [0.4, 0.5) is 0 Å². The van der Waals surface area contributed by atoms with E-state index in [9.17, 15) is 14.9 Å².